The van der Waals surface area contributed by atoms with E-state index < -0.39 is 4.92 Å². The Morgan fingerprint density at radius 2 is 2.17 bits per heavy atom. The maximum absolute atomic E-state index is 11.9. The molecule has 1 aromatic carbocycles. The normalized spacial score (nSPS) is 22.1. The van der Waals surface area contributed by atoms with Gasteiger partial charge in [-0.3, -0.25) is 14.9 Å². The van der Waals surface area contributed by atoms with E-state index in [-0.39, 0.29) is 28.2 Å². The molecule has 1 N–H and O–H groups in total. The Bertz CT molecular complexity index is 498. The topological polar surface area (TPSA) is 72.2 Å². The molecule has 1 aliphatic rings. The Morgan fingerprint density at radius 3 is 2.72 bits per heavy atom. The number of benzene rings is 1. The highest BCUT2D eigenvalue weighted by Gasteiger charge is 2.27. The van der Waals surface area contributed by atoms with Gasteiger partial charge in [-0.1, -0.05) is 18.5 Å². The molecule has 1 fully saturated rings. The number of non-ortho nitro benzene ring substituents is 1. The van der Waals surface area contributed by atoms with Crippen LogP contribution >= 0.6 is 11.6 Å². The largest absolute Gasteiger partial charge is 0.349 e. The molecule has 0 atom stereocenters. The van der Waals surface area contributed by atoms with Gasteiger partial charge in [0.15, 0.2) is 0 Å². The molecular weight excluding hydrogens is 256 g/mol. The van der Waals surface area contributed by atoms with E-state index in [2.05, 4.69) is 12.2 Å². The molecule has 96 valence electrons. The van der Waals surface area contributed by atoms with Crippen molar-refractivity contribution in [2.75, 3.05) is 0 Å². The molecule has 0 saturated heterocycles. The fourth-order valence-corrected chi connectivity index (χ4v) is 2.29. The highest BCUT2D eigenvalue weighted by atomic mass is 35.5. The number of nitro benzene ring substituents is 1. The Balaban J connectivity index is 2.13. The molecule has 2 rings (SSSR count). The zero-order valence-corrected chi connectivity index (χ0v) is 10.6. The predicted molar refractivity (Wildman–Crippen MR) is 67.8 cm³/mol. The molecule has 0 spiro atoms. The third kappa shape index (κ3) is 2.61. The lowest BCUT2D eigenvalue weighted by Crippen LogP contribution is -2.43. The molecule has 5 nitrogen and oxygen atoms in total. The minimum atomic E-state index is -0.543. The van der Waals surface area contributed by atoms with E-state index in [0.29, 0.717) is 5.92 Å². The van der Waals surface area contributed by atoms with Gasteiger partial charge in [-0.05, 0) is 24.8 Å². The van der Waals surface area contributed by atoms with Crippen LogP contribution in [0.3, 0.4) is 0 Å². The summed E-state index contributed by atoms with van der Waals surface area (Å²) < 4.78 is 0. The van der Waals surface area contributed by atoms with Crippen LogP contribution in [-0.2, 0) is 0 Å². The van der Waals surface area contributed by atoms with Crippen molar-refractivity contribution >= 4 is 23.2 Å². The van der Waals surface area contributed by atoms with E-state index in [1.807, 2.05) is 0 Å². The highest BCUT2D eigenvalue weighted by molar-refractivity contribution is 6.33. The summed E-state index contributed by atoms with van der Waals surface area (Å²) in [4.78, 5) is 22.0. The summed E-state index contributed by atoms with van der Waals surface area (Å²) in [5.41, 5.74) is 0.0250. The first-order chi connectivity index (χ1) is 8.47. The molecule has 0 radical (unpaired) electrons. The molecule has 1 aromatic rings. The maximum Gasteiger partial charge on any atom is 0.270 e. The first-order valence-electron chi connectivity index (χ1n) is 5.72. The number of carbonyl (C=O) groups excluding carboxylic acids is 1. The zero-order chi connectivity index (χ0) is 13.3. The Labute approximate surface area is 109 Å². The molecule has 18 heavy (non-hydrogen) atoms. The van der Waals surface area contributed by atoms with Crippen molar-refractivity contribution in [3.63, 3.8) is 0 Å². The monoisotopic (exact) mass is 268 g/mol. The molecule has 6 heteroatoms. The third-order valence-corrected chi connectivity index (χ3v) is 3.44. The third-order valence-electron chi connectivity index (χ3n) is 3.11. The molecule has 1 amide bonds. The molecule has 0 heterocycles. The number of nitrogens with one attached hydrogen (secondary N) is 1. The second kappa shape index (κ2) is 4.94. The molecule has 1 aliphatic carbocycles. The van der Waals surface area contributed by atoms with Crippen molar-refractivity contribution in [1.29, 1.82) is 0 Å². The standard InChI is InChI=1S/C12H13ClN2O3/c1-7-4-8(5-7)14-12(16)10-6-9(15(17)18)2-3-11(10)13/h2-3,6-8H,4-5H2,1H3,(H,14,16). The van der Waals surface area contributed by atoms with Gasteiger partial charge in [0.05, 0.1) is 15.5 Å². The van der Waals surface area contributed by atoms with Crippen LogP contribution < -0.4 is 5.32 Å². The highest BCUT2D eigenvalue weighted by Crippen LogP contribution is 2.27. The van der Waals surface area contributed by atoms with Crippen LogP contribution in [0.25, 0.3) is 0 Å². The van der Waals surface area contributed by atoms with Crippen LogP contribution in [0.1, 0.15) is 30.1 Å². The van der Waals surface area contributed by atoms with Gasteiger partial charge < -0.3 is 5.32 Å². The van der Waals surface area contributed by atoms with Crippen molar-refractivity contribution < 1.29 is 9.72 Å². The first-order valence-corrected chi connectivity index (χ1v) is 6.10. The van der Waals surface area contributed by atoms with E-state index in [4.69, 9.17) is 11.6 Å². The molecule has 1 saturated carbocycles. The molecule has 0 aliphatic heterocycles. The van der Waals surface area contributed by atoms with Crippen LogP contribution in [0, 0.1) is 16.0 Å². The van der Waals surface area contributed by atoms with Crippen molar-refractivity contribution in [3.8, 4) is 0 Å². The average molecular weight is 269 g/mol. The minimum Gasteiger partial charge on any atom is -0.349 e. The van der Waals surface area contributed by atoms with E-state index in [0.717, 1.165) is 12.8 Å². The van der Waals surface area contributed by atoms with Gasteiger partial charge in [-0.2, -0.15) is 0 Å². The quantitative estimate of drug-likeness (QED) is 0.677. The van der Waals surface area contributed by atoms with Gasteiger partial charge in [0, 0.05) is 18.2 Å². The van der Waals surface area contributed by atoms with Crippen LogP contribution in [0.5, 0.6) is 0 Å². The van der Waals surface area contributed by atoms with Gasteiger partial charge in [-0.15, -0.1) is 0 Å². The number of hydrogen-bond acceptors (Lipinski definition) is 3. The summed E-state index contributed by atoms with van der Waals surface area (Å²) in [6.07, 6.45) is 1.89. The maximum atomic E-state index is 11.9. The van der Waals surface area contributed by atoms with Crippen molar-refractivity contribution in [2.45, 2.75) is 25.8 Å². The second-order valence-corrected chi connectivity index (χ2v) is 5.08. The van der Waals surface area contributed by atoms with Crippen LogP contribution in [0.4, 0.5) is 5.69 Å². The van der Waals surface area contributed by atoms with Gasteiger partial charge in [-0.25, -0.2) is 0 Å². The van der Waals surface area contributed by atoms with Crippen molar-refractivity contribution in [3.05, 3.63) is 38.9 Å². The number of halogens is 1. The lowest BCUT2D eigenvalue weighted by atomic mass is 9.82. The minimum absolute atomic E-state index is 0.133. The number of carbonyl (C=O) groups is 1. The van der Waals surface area contributed by atoms with Gasteiger partial charge in [0.1, 0.15) is 0 Å². The van der Waals surface area contributed by atoms with E-state index in [1.165, 1.54) is 18.2 Å². The zero-order valence-electron chi connectivity index (χ0n) is 9.85. The average Bonchev–Trinajstić information content (AvgIpc) is 2.27. The summed E-state index contributed by atoms with van der Waals surface area (Å²) in [5.74, 6) is 0.275. The smallest absolute Gasteiger partial charge is 0.270 e. The lowest BCUT2D eigenvalue weighted by molar-refractivity contribution is -0.384. The SMILES string of the molecule is CC1CC(NC(=O)c2cc([N+](=O)[O-])ccc2Cl)C1. The van der Waals surface area contributed by atoms with Gasteiger partial charge in [0.25, 0.3) is 11.6 Å². The van der Waals surface area contributed by atoms with Gasteiger partial charge in [0.2, 0.25) is 0 Å². The molecule has 0 aromatic heterocycles. The van der Waals surface area contributed by atoms with E-state index in [9.17, 15) is 14.9 Å². The van der Waals surface area contributed by atoms with Gasteiger partial charge >= 0.3 is 0 Å². The van der Waals surface area contributed by atoms with Crippen LogP contribution in [0.15, 0.2) is 18.2 Å². The summed E-state index contributed by atoms with van der Waals surface area (Å²) in [5, 5.41) is 13.7. The fourth-order valence-electron chi connectivity index (χ4n) is 2.08. The number of nitrogens with zero attached hydrogens (tertiary/aromatic N) is 1. The molecule has 0 unspecified atom stereocenters. The summed E-state index contributed by atoms with van der Waals surface area (Å²) >= 11 is 5.89. The predicted octanol–water partition coefficient (Wildman–Crippen LogP) is 2.78. The second-order valence-electron chi connectivity index (χ2n) is 4.67. The molecular formula is C12H13ClN2O3. The van der Waals surface area contributed by atoms with Crippen molar-refractivity contribution in [1.82, 2.24) is 5.32 Å². The number of amides is 1. The summed E-state index contributed by atoms with van der Waals surface area (Å²) in [6.45, 7) is 2.11. The number of nitro groups is 1. The first kappa shape index (κ1) is 12.8. The number of rotatable bonds is 3. The summed E-state index contributed by atoms with van der Waals surface area (Å²) in [6, 6.07) is 4.02. The van der Waals surface area contributed by atoms with E-state index in [1.54, 1.807) is 0 Å². The Kier molecular flexibility index (Phi) is 3.52. The lowest BCUT2D eigenvalue weighted by Gasteiger charge is -2.33. The number of hydrogen-bond donors (Lipinski definition) is 1. The Hall–Kier alpha value is -1.62. The van der Waals surface area contributed by atoms with E-state index >= 15 is 0 Å². The fraction of sp³-hybridized carbons (Fsp3) is 0.417. The van der Waals surface area contributed by atoms with Crippen molar-refractivity contribution in [2.24, 2.45) is 5.92 Å². The Morgan fingerprint density at radius 1 is 1.50 bits per heavy atom. The summed E-state index contributed by atoms with van der Waals surface area (Å²) in [7, 11) is 0. The van der Waals surface area contributed by atoms with Crippen LogP contribution in [-0.4, -0.2) is 16.9 Å². The van der Waals surface area contributed by atoms with Crippen LogP contribution in [0.2, 0.25) is 5.02 Å². The molecule has 0 bridgehead atoms.